The lowest BCUT2D eigenvalue weighted by atomic mass is 9.66. The number of hydrogen-bond donors (Lipinski definition) is 0. The molecule has 0 nitrogen and oxygen atoms in total. The van der Waals surface area contributed by atoms with Crippen LogP contribution in [0.5, 0.6) is 0 Å². The smallest absolute Gasteiger partial charge is 0.104 e. The molecule has 0 amide bonds. The quantitative estimate of drug-likeness (QED) is 0.379. The number of fused-ring (bicyclic) bond motifs is 8. The summed E-state index contributed by atoms with van der Waals surface area (Å²) in [4.78, 5) is 0. The minimum atomic E-state index is -1.10. The summed E-state index contributed by atoms with van der Waals surface area (Å²) >= 11 is 0. The molecule has 0 bridgehead atoms. The number of halogens is 2. The van der Waals surface area contributed by atoms with Crippen LogP contribution in [-0.4, -0.2) is 12.3 Å². The number of benzene rings is 3. The summed E-state index contributed by atoms with van der Waals surface area (Å²) < 4.78 is 29.8. The van der Waals surface area contributed by atoms with Crippen LogP contribution in [-0.2, 0) is 10.8 Å². The highest BCUT2D eigenvalue weighted by atomic mass is 19.1. The van der Waals surface area contributed by atoms with Gasteiger partial charge in [0.2, 0.25) is 0 Å². The third-order valence-corrected chi connectivity index (χ3v) is 8.66. The molecular formula is C31H32F2. The van der Waals surface area contributed by atoms with Gasteiger partial charge in [-0.15, -0.1) is 0 Å². The van der Waals surface area contributed by atoms with Crippen LogP contribution >= 0.6 is 0 Å². The molecule has 0 heterocycles. The fourth-order valence-electron chi connectivity index (χ4n) is 7.64. The van der Waals surface area contributed by atoms with Crippen molar-refractivity contribution in [3.8, 4) is 22.3 Å². The molecule has 2 heteroatoms. The molecule has 1 fully saturated rings. The molecule has 1 spiro atoms. The van der Waals surface area contributed by atoms with Gasteiger partial charge in [0.25, 0.3) is 0 Å². The lowest BCUT2D eigenvalue weighted by Gasteiger charge is -2.39. The van der Waals surface area contributed by atoms with E-state index < -0.39 is 17.8 Å². The highest BCUT2D eigenvalue weighted by Crippen LogP contribution is 2.61. The maximum Gasteiger partial charge on any atom is 0.104 e. The lowest BCUT2D eigenvalue weighted by molar-refractivity contribution is 0.113. The van der Waals surface area contributed by atoms with Gasteiger partial charge in [-0.1, -0.05) is 75.2 Å². The number of alkyl halides is 2. The molecule has 33 heavy (non-hydrogen) atoms. The summed E-state index contributed by atoms with van der Waals surface area (Å²) in [5.74, 6) is 0. The van der Waals surface area contributed by atoms with Crippen molar-refractivity contribution in [3.63, 3.8) is 0 Å². The molecule has 3 aromatic rings. The van der Waals surface area contributed by atoms with E-state index in [0.29, 0.717) is 12.8 Å². The van der Waals surface area contributed by atoms with Gasteiger partial charge < -0.3 is 0 Å². The molecule has 0 saturated heterocycles. The average molecular weight is 443 g/mol. The molecule has 0 radical (unpaired) electrons. The van der Waals surface area contributed by atoms with E-state index in [1.54, 1.807) is 0 Å². The third-order valence-electron chi connectivity index (χ3n) is 8.66. The minimum absolute atomic E-state index is 0.0208. The Hall–Kier alpha value is -2.48. The molecule has 3 aliphatic rings. The Morgan fingerprint density at radius 1 is 0.667 bits per heavy atom. The summed E-state index contributed by atoms with van der Waals surface area (Å²) in [6.07, 6.45) is 3.07. The van der Waals surface area contributed by atoms with Crippen molar-refractivity contribution in [3.05, 3.63) is 82.9 Å². The van der Waals surface area contributed by atoms with E-state index in [0.717, 1.165) is 36.8 Å². The van der Waals surface area contributed by atoms with Crippen molar-refractivity contribution in [2.45, 2.75) is 82.0 Å². The van der Waals surface area contributed by atoms with Crippen LogP contribution in [0.2, 0.25) is 0 Å². The Balaban J connectivity index is 1.66. The monoisotopic (exact) mass is 442 g/mol. The van der Waals surface area contributed by atoms with E-state index >= 15 is 0 Å². The van der Waals surface area contributed by atoms with E-state index in [-0.39, 0.29) is 11.8 Å². The predicted octanol–water partition coefficient (Wildman–Crippen LogP) is 8.68. The van der Waals surface area contributed by atoms with Gasteiger partial charge in [0.05, 0.1) is 0 Å². The first-order chi connectivity index (χ1) is 16.0. The van der Waals surface area contributed by atoms with Crippen molar-refractivity contribution in [2.24, 2.45) is 0 Å². The van der Waals surface area contributed by atoms with E-state index in [1.807, 2.05) is 6.07 Å². The van der Waals surface area contributed by atoms with E-state index in [1.165, 1.54) is 33.4 Å². The first kappa shape index (κ1) is 21.1. The van der Waals surface area contributed by atoms with Crippen LogP contribution in [0.1, 0.15) is 81.0 Å². The fraction of sp³-hybridized carbons (Fsp3) is 0.419. The Bertz CT molecular complexity index is 1210. The molecule has 0 aromatic heterocycles. The lowest BCUT2D eigenvalue weighted by Crippen LogP contribution is -2.38. The van der Waals surface area contributed by atoms with Crippen LogP contribution in [0, 0.1) is 0 Å². The molecule has 3 aliphatic carbocycles. The topological polar surface area (TPSA) is 0 Å². The van der Waals surface area contributed by atoms with Crippen LogP contribution < -0.4 is 0 Å². The second kappa shape index (κ2) is 7.52. The fourth-order valence-corrected chi connectivity index (χ4v) is 7.64. The van der Waals surface area contributed by atoms with Gasteiger partial charge in [0, 0.05) is 17.3 Å². The van der Waals surface area contributed by atoms with Crippen LogP contribution in [0.15, 0.2) is 60.7 Å². The molecule has 0 aliphatic heterocycles. The van der Waals surface area contributed by atoms with Gasteiger partial charge in [-0.05, 0) is 82.3 Å². The second-order valence-corrected chi connectivity index (χ2v) is 10.5. The average Bonchev–Trinajstić information content (AvgIpc) is 3.21. The molecule has 1 saturated carbocycles. The zero-order valence-corrected chi connectivity index (χ0v) is 19.6. The zero-order chi connectivity index (χ0) is 22.8. The first-order valence-electron chi connectivity index (χ1n) is 12.7. The maximum atomic E-state index is 14.9. The van der Waals surface area contributed by atoms with Gasteiger partial charge in [-0.2, -0.15) is 0 Å². The molecule has 2 unspecified atom stereocenters. The zero-order valence-electron chi connectivity index (χ0n) is 19.6. The summed E-state index contributed by atoms with van der Waals surface area (Å²) in [5, 5.41) is 0. The highest BCUT2D eigenvalue weighted by molar-refractivity contribution is 5.90. The van der Waals surface area contributed by atoms with Gasteiger partial charge in [-0.3, -0.25) is 0 Å². The third kappa shape index (κ3) is 2.79. The standard InChI is InChI=1S/C31H32F2/c1-3-13-30(14-4-2)26-11-7-5-9-22(26)24-17-29-25(16-28(24)30)23-10-6-8-12-27(23)31(29)18-20(32)15-21(33)19-31/h5-12,16-17,20-21H,3-4,13-15,18-19H2,1-2H3. The van der Waals surface area contributed by atoms with E-state index in [9.17, 15) is 8.78 Å². The molecule has 170 valence electrons. The second-order valence-electron chi connectivity index (χ2n) is 10.5. The van der Waals surface area contributed by atoms with E-state index in [4.69, 9.17) is 0 Å². The SMILES string of the molecule is CCCC1(CCC)c2ccccc2-c2cc3c(cc21)-c1ccccc1C31CC(F)CC(F)C1. The van der Waals surface area contributed by atoms with Crippen molar-refractivity contribution in [2.75, 3.05) is 0 Å². The van der Waals surface area contributed by atoms with Gasteiger partial charge >= 0.3 is 0 Å². The molecule has 6 rings (SSSR count). The summed E-state index contributed by atoms with van der Waals surface area (Å²) in [7, 11) is 0. The van der Waals surface area contributed by atoms with Crippen molar-refractivity contribution >= 4 is 0 Å². The Morgan fingerprint density at radius 2 is 1.18 bits per heavy atom. The normalized spacial score (nSPS) is 26.1. The highest BCUT2D eigenvalue weighted by Gasteiger charge is 2.51. The van der Waals surface area contributed by atoms with Gasteiger partial charge in [0.1, 0.15) is 12.3 Å². The van der Waals surface area contributed by atoms with Crippen molar-refractivity contribution in [1.82, 2.24) is 0 Å². The van der Waals surface area contributed by atoms with Crippen LogP contribution in [0.25, 0.3) is 22.3 Å². The minimum Gasteiger partial charge on any atom is -0.247 e. The van der Waals surface area contributed by atoms with Crippen molar-refractivity contribution in [1.29, 1.82) is 0 Å². The predicted molar refractivity (Wildman–Crippen MR) is 132 cm³/mol. The molecular weight excluding hydrogens is 410 g/mol. The maximum absolute atomic E-state index is 14.9. The summed E-state index contributed by atoms with van der Waals surface area (Å²) in [5.41, 5.74) is 9.56. The van der Waals surface area contributed by atoms with Gasteiger partial charge in [0.15, 0.2) is 0 Å². The Kier molecular flexibility index (Phi) is 4.80. The number of hydrogen-bond acceptors (Lipinski definition) is 0. The molecule has 0 N–H and O–H groups in total. The van der Waals surface area contributed by atoms with E-state index in [2.05, 4.69) is 68.4 Å². The summed E-state index contributed by atoms with van der Waals surface area (Å²) in [6, 6.07) is 22.0. The van der Waals surface area contributed by atoms with Crippen molar-refractivity contribution < 1.29 is 8.78 Å². The van der Waals surface area contributed by atoms with Crippen LogP contribution in [0.3, 0.4) is 0 Å². The number of rotatable bonds is 4. The molecule has 3 aromatic carbocycles. The van der Waals surface area contributed by atoms with Gasteiger partial charge in [-0.25, -0.2) is 8.78 Å². The molecule has 2 atom stereocenters. The largest absolute Gasteiger partial charge is 0.247 e. The first-order valence-corrected chi connectivity index (χ1v) is 12.7. The Labute approximate surface area is 196 Å². The summed E-state index contributed by atoms with van der Waals surface area (Å²) in [6.45, 7) is 4.56. The van der Waals surface area contributed by atoms with Crippen LogP contribution in [0.4, 0.5) is 8.78 Å². The Morgan fingerprint density at radius 3 is 1.82 bits per heavy atom.